The number of hydrogen-bond donors (Lipinski definition) is 1. The minimum absolute atomic E-state index is 0.0959. The lowest BCUT2D eigenvalue weighted by Crippen LogP contribution is -2.28. The van der Waals surface area contributed by atoms with Crippen molar-refractivity contribution in [3.05, 3.63) is 158 Å². The summed E-state index contributed by atoms with van der Waals surface area (Å²) in [6.45, 7) is 3.86. The van der Waals surface area contributed by atoms with Crippen molar-refractivity contribution in [2.75, 3.05) is 13.2 Å². The predicted molar refractivity (Wildman–Crippen MR) is 306 cm³/mol. The molecule has 70 heavy (non-hydrogen) atoms. The first-order valence-electron chi connectivity index (χ1n) is 28.0. The smallest absolute Gasteiger partial charge is 0.306 e. The van der Waals surface area contributed by atoms with Gasteiger partial charge in [-0.3, -0.25) is 9.59 Å². The van der Waals surface area contributed by atoms with Gasteiger partial charge in [0.2, 0.25) is 0 Å². The maximum atomic E-state index is 12.3. The van der Waals surface area contributed by atoms with Crippen molar-refractivity contribution < 1.29 is 24.2 Å². The van der Waals surface area contributed by atoms with Gasteiger partial charge in [0.25, 0.3) is 0 Å². The second-order valence-electron chi connectivity index (χ2n) is 17.9. The highest BCUT2D eigenvalue weighted by atomic mass is 16.6. The Balaban J connectivity index is 3.58. The summed E-state index contributed by atoms with van der Waals surface area (Å²) < 4.78 is 10.6. The van der Waals surface area contributed by atoms with Gasteiger partial charge < -0.3 is 14.6 Å². The minimum Gasteiger partial charge on any atom is -0.462 e. The van der Waals surface area contributed by atoms with E-state index in [2.05, 4.69) is 172 Å². The van der Waals surface area contributed by atoms with Gasteiger partial charge in [0.1, 0.15) is 6.61 Å². The van der Waals surface area contributed by atoms with Gasteiger partial charge in [-0.15, -0.1) is 0 Å². The van der Waals surface area contributed by atoms with Crippen LogP contribution >= 0.6 is 0 Å². The topological polar surface area (TPSA) is 72.8 Å². The average Bonchev–Trinajstić information content (AvgIpc) is 3.36. The monoisotopic (exact) mass is 963 g/mol. The van der Waals surface area contributed by atoms with Gasteiger partial charge >= 0.3 is 11.9 Å². The van der Waals surface area contributed by atoms with Crippen molar-refractivity contribution in [2.24, 2.45) is 0 Å². The number of aliphatic hydroxyl groups excluding tert-OH is 1. The zero-order valence-electron chi connectivity index (χ0n) is 44.7. The van der Waals surface area contributed by atoms with Gasteiger partial charge in [0, 0.05) is 12.8 Å². The maximum Gasteiger partial charge on any atom is 0.306 e. The second-order valence-corrected chi connectivity index (χ2v) is 17.9. The molecule has 0 bridgehead atoms. The molecule has 0 aromatic rings. The number of carbonyl (C=O) groups excluding carboxylic acids is 2. The lowest BCUT2D eigenvalue weighted by molar-refractivity contribution is -0.161. The lowest BCUT2D eigenvalue weighted by Gasteiger charge is -2.15. The van der Waals surface area contributed by atoms with Crippen molar-refractivity contribution in [1.82, 2.24) is 0 Å². The summed E-state index contributed by atoms with van der Waals surface area (Å²) in [7, 11) is 0. The molecule has 0 spiro atoms. The summed E-state index contributed by atoms with van der Waals surface area (Å²) in [4.78, 5) is 24.4. The molecular formula is C65H102O5. The Morgan fingerprint density at radius 2 is 0.571 bits per heavy atom. The molecule has 1 unspecified atom stereocenters. The van der Waals surface area contributed by atoms with Crippen LogP contribution in [0.2, 0.25) is 0 Å². The summed E-state index contributed by atoms with van der Waals surface area (Å²) in [5.41, 5.74) is 0. The van der Waals surface area contributed by atoms with E-state index in [1.165, 1.54) is 70.6 Å². The number of aliphatic hydroxyl groups is 1. The Hall–Kier alpha value is -4.48. The van der Waals surface area contributed by atoms with Crippen LogP contribution in [0.25, 0.3) is 0 Å². The molecule has 5 heteroatoms. The van der Waals surface area contributed by atoms with E-state index in [4.69, 9.17) is 9.47 Å². The van der Waals surface area contributed by atoms with Gasteiger partial charge in [-0.1, -0.05) is 242 Å². The van der Waals surface area contributed by atoms with Crippen molar-refractivity contribution >= 4 is 11.9 Å². The predicted octanol–water partition coefficient (Wildman–Crippen LogP) is 19.2. The van der Waals surface area contributed by atoms with Crippen molar-refractivity contribution in [3.8, 4) is 0 Å². The van der Waals surface area contributed by atoms with Crippen molar-refractivity contribution in [2.45, 2.75) is 225 Å². The summed E-state index contributed by atoms with van der Waals surface area (Å²) in [5, 5.41) is 9.62. The molecular weight excluding hydrogens is 861 g/mol. The van der Waals surface area contributed by atoms with Crippen LogP contribution in [0, 0.1) is 0 Å². The third-order valence-electron chi connectivity index (χ3n) is 11.3. The Kier molecular flexibility index (Phi) is 55.1. The standard InChI is InChI=1S/C65H102O5/c1-3-5-7-9-11-13-15-17-19-20-21-22-23-24-25-26-27-28-29-30-31-32-33-34-35-36-37-38-39-40-41-42-43-44-46-48-50-52-54-56-58-60-65(68)70-63(61-66)62-69-64(67)59-57-55-53-51-49-47-45-18-16-14-12-10-8-6-4-2/h5-8,11-14,17-19,21-22,24-25,27-28,30-31,33-34,36-37,45,49,51,63,66H,3-4,9-10,15-16,20,23,26,29,32,35,38-44,46-48,50,52-62H2,1-2H3/b7-5-,8-6-,13-11-,14-12-,19-17-,22-21-,25-24-,28-27-,31-30-,34-33-,37-36-,45-18-,51-49-. The molecule has 0 amide bonds. The number of ether oxygens (including phenoxy) is 2. The first kappa shape index (κ1) is 65.5. The number of allylic oxidation sites excluding steroid dienone is 26. The van der Waals surface area contributed by atoms with Crippen LogP contribution in [0.1, 0.15) is 219 Å². The molecule has 0 aliphatic heterocycles. The van der Waals surface area contributed by atoms with E-state index in [-0.39, 0.29) is 25.2 Å². The molecule has 392 valence electrons. The van der Waals surface area contributed by atoms with E-state index in [1.807, 2.05) is 0 Å². The van der Waals surface area contributed by atoms with Crippen LogP contribution < -0.4 is 0 Å². The third kappa shape index (κ3) is 56.1. The fourth-order valence-corrected chi connectivity index (χ4v) is 7.18. The fraction of sp³-hybridized carbons (Fsp3) is 0.569. The molecule has 0 rings (SSSR count). The first-order valence-corrected chi connectivity index (χ1v) is 28.0. The maximum absolute atomic E-state index is 12.3. The Morgan fingerprint density at radius 3 is 0.886 bits per heavy atom. The Labute approximate surface area is 430 Å². The van der Waals surface area contributed by atoms with E-state index in [9.17, 15) is 14.7 Å². The molecule has 1 N–H and O–H groups in total. The Morgan fingerprint density at radius 1 is 0.329 bits per heavy atom. The molecule has 0 aromatic carbocycles. The molecule has 0 aromatic heterocycles. The van der Waals surface area contributed by atoms with E-state index >= 15 is 0 Å². The van der Waals surface area contributed by atoms with Crippen molar-refractivity contribution in [3.63, 3.8) is 0 Å². The highest BCUT2D eigenvalue weighted by molar-refractivity contribution is 5.70. The van der Waals surface area contributed by atoms with Gasteiger partial charge in [-0.2, -0.15) is 0 Å². The number of esters is 2. The normalized spacial score (nSPS) is 13.5. The van der Waals surface area contributed by atoms with Gasteiger partial charge in [-0.25, -0.2) is 0 Å². The number of rotatable bonds is 49. The summed E-state index contributed by atoms with van der Waals surface area (Å²) >= 11 is 0. The third-order valence-corrected chi connectivity index (χ3v) is 11.3. The molecule has 0 saturated heterocycles. The van der Waals surface area contributed by atoms with Gasteiger partial charge in [0.15, 0.2) is 6.10 Å². The summed E-state index contributed by atoms with van der Waals surface area (Å²) in [6.07, 6.45) is 90.8. The molecule has 0 radical (unpaired) electrons. The van der Waals surface area contributed by atoms with Crippen LogP contribution in [0.3, 0.4) is 0 Å². The van der Waals surface area contributed by atoms with Crippen LogP contribution in [0.15, 0.2) is 158 Å². The van der Waals surface area contributed by atoms with Crippen molar-refractivity contribution in [1.29, 1.82) is 0 Å². The van der Waals surface area contributed by atoms with E-state index < -0.39 is 6.10 Å². The fourth-order valence-electron chi connectivity index (χ4n) is 7.18. The van der Waals surface area contributed by atoms with Gasteiger partial charge in [0.05, 0.1) is 6.61 Å². The zero-order valence-corrected chi connectivity index (χ0v) is 44.7. The summed E-state index contributed by atoms with van der Waals surface area (Å²) in [6, 6.07) is 0. The van der Waals surface area contributed by atoms with E-state index in [1.54, 1.807) is 0 Å². The number of hydrogen-bond acceptors (Lipinski definition) is 5. The molecule has 0 aliphatic carbocycles. The zero-order chi connectivity index (χ0) is 50.6. The van der Waals surface area contributed by atoms with E-state index in [0.717, 1.165) is 122 Å². The highest BCUT2D eigenvalue weighted by Gasteiger charge is 2.16. The summed E-state index contributed by atoms with van der Waals surface area (Å²) in [5.74, 6) is -0.650. The van der Waals surface area contributed by atoms with Crippen LogP contribution in [0.4, 0.5) is 0 Å². The SMILES string of the molecule is CC/C=C\C/C=C\C/C=C\C/C=C\C/C=C\C/C=C\C/C=C\C/C=C\C/C=C\CCCCCCCCCCCCCCCC(=O)OC(CO)COC(=O)CCCC/C=C\C/C=C\C/C=C\C/C=C\CC. The molecule has 1 atom stereocenters. The molecule has 0 fully saturated rings. The molecule has 0 heterocycles. The number of carbonyl (C=O) groups is 2. The molecule has 0 aliphatic rings. The first-order chi connectivity index (χ1) is 34.6. The molecule has 5 nitrogen and oxygen atoms in total. The second kappa shape index (κ2) is 58.8. The number of unbranched alkanes of at least 4 members (excludes halogenated alkanes) is 15. The average molecular weight is 964 g/mol. The lowest BCUT2D eigenvalue weighted by atomic mass is 10.0. The minimum atomic E-state index is -0.800. The molecule has 0 saturated carbocycles. The quantitative estimate of drug-likeness (QED) is 0.0374. The Bertz CT molecular complexity index is 1560. The highest BCUT2D eigenvalue weighted by Crippen LogP contribution is 2.14. The van der Waals surface area contributed by atoms with Crippen LogP contribution in [-0.4, -0.2) is 36.4 Å². The largest absolute Gasteiger partial charge is 0.462 e. The van der Waals surface area contributed by atoms with Gasteiger partial charge in [-0.05, 0) is 122 Å². The van der Waals surface area contributed by atoms with Crippen LogP contribution in [0.5, 0.6) is 0 Å². The van der Waals surface area contributed by atoms with Crippen LogP contribution in [-0.2, 0) is 19.1 Å². The van der Waals surface area contributed by atoms with E-state index in [0.29, 0.717) is 12.8 Å².